The maximum absolute atomic E-state index is 5.55. The first-order chi connectivity index (χ1) is 8.83. The summed E-state index contributed by atoms with van der Waals surface area (Å²) in [6.45, 7) is 4.05. The van der Waals surface area contributed by atoms with E-state index in [2.05, 4.69) is 10.3 Å². The number of rotatable bonds is 3. The molecule has 5 heteroatoms. The summed E-state index contributed by atoms with van der Waals surface area (Å²) in [6, 6.07) is 5.92. The lowest BCUT2D eigenvalue weighted by Crippen LogP contribution is -2.15. The van der Waals surface area contributed by atoms with Crippen LogP contribution in [-0.4, -0.2) is 18.2 Å². The first-order valence-electron chi connectivity index (χ1n) is 5.85. The highest BCUT2D eigenvalue weighted by atomic mass is 32.1. The molecule has 1 aromatic heterocycles. The molecule has 0 unspecified atom stereocenters. The number of hydrogen-bond acceptors (Lipinski definition) is 5. The zero-order chi connectivity index (χ0) is 12.4. The van der Waals surface area contributed by atoms with E-state index in [1.807, 2.05) is 30.6 Å². The van der Waals surface area contributed by atoms with E-state index in [-0.39, 0.29) is 0 Å². The van der Waals surface area contributed by atoms with Gasteiger partial charge in [0.25, 0.3) is 0 Å². The minimum absolute atomic E-state index is 0.615. The third kappa shape index (κ3) is 2.26. The lowest BCUT2D eigenvalue weighted by molar-refractivity contribution is 0.171. The Kier molecular flexibility index (Phi) is 3.06. The smallest absolute Gasteiger partial charge is 0.163 e. The van der Waals surface area contributed by atoms with Crippen LogP contribution in [0.5, 0.6) is 11.5 Å². The van der Waals surface area contributed by atoms with Gasteiger partial charge in [-0.15, -0.1) is 11.3 Å². The molecule has 1 aliphatic heterocycles. The van der Waals surface area contributed by atoms with Gasteiger partial charge in [0.2, 0.25) is 0 Å². The highest BCUT2D eigenvalue weighted by molar-refractivity contribution is 7.09. The third-order valence-electron chi connectivity index (χ3n) is 2.84. The Labute approximate surface area is 110 Å². The van der Waals surface area contributed by atoms with E-state index < -0.39 is 0 Å². The molecule has 3 rings (SSSR count). The zero-order valence-corrected chi connectivity index (χ0v) is 10.9. The van der Waals surface area contributed by atoms with Crippen molar-refractivity contribution < 1.29 is 9.47 Å². The number of nitrogens with zero attached hydrogens (tertiary/aromatic N) is 1. The lowest BCUT2D eigenvalue weighted by atomic mass is 10.2. The summed E-state index contributed by atoms with van der Waals surface area (Å²) in [4.78, 5) is 5.49. The quantitative estimate of drug-likeness (QED) is 0.923. The number of fused-ring (bicyclic) bond motifs is 1. The van der Waals surface area contributed by atoms with E-state index in [0.29, 0.717) is 13.2 Å². The molecule has 0 amide bonds. The summed E-state index contributed by atoms with van der Waals surface area (Å²) < 4.78 is 11.0. The van der Waals surface area contributed by atoms with Gasteiger partial charge in [-0.25, -0.2) is 4.98 Å². The second-order valence-electron chi connectivity index (χ2n) is 4.07. The molecule has 0 radical (unpaired) electrons. The van der Waals surface area contributed by atoms with Crippen molar-refractivity contribution in [1.29, 1.82) is 0 Å². The average Bonchev–Trinajstić information content (AvgIpc) is 2.82. The minimum Gasteiger partial charge on any atom is -0.486 e. The van der Waals surface area contributed by atoms with Crippen molar-refractivity contribution in [1.82, 2.24) is 4.98 Å². The molecule has 94 valence electrons. The van der Waals surface area contributed by atoms with Gasteiger partial charge in [-0.05, 0) is 19.1 Å². The summed E-state index contributed by atoms with van der Waals surface area (Å²) in [5.74, 6) is 1.63. The number of nitrogens with one attached hydrogen (secondary N) is 1. The van der Waals surface area contributed by atoms with Crippen molar-refractivity contribution in [2.24, 2.45) is 0 Å². The molecule has 0 fully saturated rings. The molecule has 0 saturated heterocycles. The number of aromatic nitrogens is 1. The van der Waals surface area contributed by atoms with Crippen LogP contribution in [0.1, 0.15) is 10.6 Å². The van der Waals surface area contributed by atoms with Crippen molar-refractivity contribution in [3.05, 3.63) is 34.3 Å². The fourth-order valence-corrected chi connectivity index (χ4v) is 2.55. The monoisotopic (exact) mass is 262 g/mol. The molecule has 0 spiro atoms. The molecule has 1 N–H and O–H groups in total. The molecule has 0 bridgehead atoms. The molecule has 1 aromatic carbocycles. The van der Waals surface area contributed by atoms with E-state index in [0.717, 1.165) is 29.4 Å². The second-order valence-corrected chi connectivity index (χ2v) is 5.01. The van der Waals surface area contributed by atoms with E-state index in [1.165, 1.54) is 4.88 Å². The van der Waals surface area contributed by atoms with E-state index >= 15 is 0 Å². The van der Waals surface area contributed by atoms with E-state index in [1.54, 1.807) is 11.3 Å². The predicted octanol–water partition coefficient (Wildman–Crippen LogP) is 2.83. The van der Waals surface area contributed by atoms with Crippen LogP contribution in [0.3, 0.4) is 0 Å². The fraction of sp³-hybridized carbons (Fsp3) is 0.308. The summed E-state index contributed by atoms with van der Waals surface area (Å²) in [6.07, 6.45) is 0. The highest BCUT2D eigenvalue weighted by Crippen LogP contribution is 2.32. The summed E-state index contributed by atoms with van der Waals surface area (Å²) in [5, 5.41) is 3.37. The van der Waals surface area contributed by atoms with Gasteiger partial charge >= 0.3 is 0 Å². The lowest BCUT2D eigenvalue weighted by Gasteiger charge is -2.19. The topological polar surface area (TPSA) is 43.4 Å². The van der Waals surface area contributed by atoms with Crippen LogP contribution in [0.2, 0.25) is 0 Å². The number of anilines is 1. The second kappa shape index (κ2) is 4.86. The molecular weight excluding hydrogens is 248 g/mol. The predicted molar refractivity (Wildman–Crippen MR) is 71.6 cm³/mol. The van der Waals surface area contributed by atoms with Crippen LogP contribution in [0.15, 0.2) is 23.7 Å². The molecule has 0 saturated carbocycles. The van der Waals surface area contributed by atoms with Gasteiger partial charge in [0.1, 0.15) is 13.2 Å². The minimum atomic E-state index is 0.615. The highest BCUT2D eigenvalue weighted by Gasteiger charge is 2.11. The van der Waals surface area contributed by atoms with Gasteiger partial charge in [0.05, 0.1) is 17.7 Å². The SMILES string of the molecule is Cc1ncsc1CNc1ccc2c(c1)OCCO2. The van der Waals surface area contributed by atoms with Gasteiger partial charge in [-0.1, -0.05) is 0 Å². The summed E-state index contributed by atoms with van der Waals surface area (Å²) in [5.41, 5.74) is 3.99. The van der Waals surface area contributed by atoms with Crippen molar-refractivity contribution in [3.63, 3.8) is 0 Å². The Morgan fingerprint density at radius 2 is 2.11 bits per heavy atom. The number of thiazole rings is 1. The Hall–Kier alpha value is -1.75. The van der Waals surface area contributed by atoms with Crippen LogP contribution in [-0.2, 0) is 6.54 Å². The molecule has 0 aliphatic carbocycles. The van der Waals surface area contributed by atoms with Crippen molar-refractivity contribution in [2.45, 2.75) is 13.5 Å². The van der Waals surface area contributed by atoms with E-state index in [4.69, 9.17) is 9.47 Å². The number of aryl methyl sites for hydroxylation is 1. The summed E-state index contributed by atoms with van der Waals surface area (Å²) >= 11 is 1.67. The van der Waals surface area contributed by atoms with Gasteiger partial charge in [-0.3, -0.25) is 0 Å². The normalized spacial score (nSPS) is 13.4. The van der Waals surface area contributed by atoms with Crippen LogP contribution < -0.4 is 14.8 Å². The first kappa shape index (κ1) is 11.3. The van der Waals surface area contributed by atoms with Crippen LogP contribution >= 0.6 is 11.3 Å². The van der Waals surface area contributed by atoms with Gasteiger partial charge in [0, 0.05) is 16.6 Å². The van der Waals surface area contributed by atoms with Gasteiger partial charge in [-0.2, -0.15) is 0 Å². The van der Waals surface area contributed by atoms with E-state index in [9.17, 15) is 0 Å². The van der Waals surface area contributed by atoms with Crippen LogP contribution in [0, 0.1) is 6.92 Å². The zero-order valence-electron chi connectivity index (χ0n) is 10.1. The average molecular weight is 262 g/mol. The van der Waals surface area contributed by atoms with Gasteiger partial charge < -0.3 is 14.8 Å². The Balaban J connectivity index is 1.71. The molecule has 18 heavy (non-hydrogen) atoms. The number of benzene rings is 1. The molecular formula is C13H14N2O2S. The number of ether oxygens (including phenoxy) is 2. The maximum Gasteiger partial charge on any atom is 0.163 e. The Bertz CT molecular complexity index is 554. The molecule has 2 heterocycles. The van der Waals surface area contributed by atoms with Gasteiger partial charge in [0.15, 0.2) is 11.5 Å². The third-order valence-corrected chi connectivity index (χ3v) is 3.78. The molecule has 4 nitrogen and oxygen atoms in total. The fourth-order valence-electron chi connectivity index (χ4n) is 1.83. The molecule has 1 aliphatic rings. The Morgan fingerprint density at radius 3 is 2.89 bits per heavy atom. The van der Waals surface area contributed by atoms with Crippen molar-refractivity contribution in [3.8, 4) is 11.5 Å². The Morgan fingerprint density at radius 1 is 1.28 bits per heavy atom. The molecule has 2 aromatic rings. The van der Waals surface area contributed by atoms with Crippen LogP contribution in [0.25, 0.3) is 0 Å². The standard InChI is InChI=1S/C13H14N2O2S/c1-9-13(18-8-15-9)7-14-10-2-3-11-12(6-10)17-5-4-16-11/h2-3,6,8,14H,4-5,7H2,1H3. The largest absolute Gasteiger partial charge is 0.486 e. The van der Waals surface area contributed by atoms with Crippen molar-refractivity contribution >= 4 is 17.0 Å². The van der Waals surface area contributed by atoms with Crippen LogP contribution in [0.4, 0.5) is 5.69 Å². The summed E-state index contributed by atoms with van der Waals surface area (Å²) in [7, 11) is 0. The molecule has 0 atom stereocenters. The number of hydrogen-bond donors (Lipinski definition) is 1. The van der Waals surface area contributed by atoms with Crippen molar-refractivity contribution in [2.75, 3.05) is 18.5 Å². The first-order valence-corrected chi connectivity index (χ1v) is 6.73. The maximum atomic E-state index is 5.55.